The lowest BCUT2D eigenvalue weighted by atomic mass is 9.82. The predicted octanol–water partition coefficient (Wildman–Crippen LogP) is 3.90. The number of nitrogens with one attached hydrogen (secondary N) is 1. The molecule has 2 aliphatic heterocycles. The summed E-state index contributed by atoms with van der Waals surface area (Å²) in [7, 11) is 3.25. The monoisotopic (exact) mass is 482 g/mol. The second-order valence-corrected chi connectivity index (χ2v) is 9.97. The van der Waals surface area contributed by atoms with Gasteiger partial charge < -0.3 is 20.1 Å². The number of alkyl halides is 1. The van der Waals surface area contributed by atoms with E-state index in [-0.39, 0.29) is 34.6 Å². The van der Waals surface area contributed by atoms with Crippen LogP contribution < -0.4 is 15.0 Å². The van der Waals surface area contributed by atoms with E-state index in [0.717, 1.165) is 19.0 Å². The highest BCUT2D eigenvalue weighted by Crippen LogP contribution is 2.45. The highest BCUT2D eigenvalue weighted by Gasteiger charge is 2.56. The number of methoxy groups -OCH3 is 1. The number of rotatable bonds is 5. The van der Waals surface area contributed by atoms with E-state index < -0.39 is 17.5 Å². The molecule has 8 nitrogen and oxygen atoms in total. The zero-order chi connectivity index (χ0) is 25.0. The molecule has 5 rings (SSSR count). The van der Waals surface area contributed by atoms with Crippen LogP contribution in [0.2, 0.25) is 0 Å². The molecule has 184 valence electrons. The van der Waals surface area contributed by atoms with Crippen molar-refractivity contribution >= 4 is 5.82 Å². The van der Waals surface area contributed by atoms with Crippen LogP contribution in [0.3, 0.4) is 0 Å². The van der Waals surface area contributed by atoms with Gasteiger partial charge >= 0.3 is 0 Å². The summed E-state index contributed by atoms with van der Waals surface area (Å²) in [6, 6.07) is 5.78. The third-order valence-corrected chi connectivity index (χ3v) is 7.39. The summed E-state index contributed by atoms with van der Waals surface area (Å²) >= 11 is 0. The lowest BCUT2D eigenvalue weighted by Crippen LogP contribution is -2.65. The van der Waals surface area contributed by atoms with Gasteiger partial charge in [-0.05, 0) is 50.8 Å². The summed E-state index contributed by atoms with van der Waals surface area (Å²) in [5.74, 6) is 0.262. The van der Waals surface area contributed by atoms with Gasteiger partial charge in [0.15, 0.2) is 11.6 Å². The predicted molar refractivity (Wildman–Crippen MR) is 128 cm³/mol. The van der Waals surface area contributed by atoms with Gasteiger partial charge in [-0.2, -0.15) is 0 Å². The van der Waals surface area contributed by atoms with E-state index in [1.165, 1.54) is 25.4 Å². The fourth-order valence-electron chi connectivity index (χ4n) is 5.40. The molecule has 2 fully saturated rings. The molecule has 0 unspecified atom stereocenters. The molecular formula is C25H28F2N6O2. The first kappa shape index (κ1) is 23.3. The smallest absolute Gasteiger partial charge is 0.213 e. The molecule has 4 atom stereocenters. The van der Waals surface area contributed by atoms with E-state index in [1.54, 1.807) is 17.0 Å². The van der Waals surface area contributed by atoms with Gasteiger partial charge in [-0.15, -0.1) is 10.2 Å². The maximum atomic E-state index is 15.4. The van der Waals surface area contributed by atoms with Crippen molar-refractivity contribution in [1.82, 2.24) is 25.5 Å². The second-order valence-electron chi connectivity index (χ2n) is 9.97. The Labute approximate surface area is 202 Å². The Hall–Kier alpha value is -3.40. The number of fused-ring (bicyclic) bond motifs is 2. The fourth-order valence-corrected chi connectivity index (χ4v) is 5.40. The number of phenolic OH excluding ortho intramolecular Hbond substituents is 1. The summed E-state index contributed by atoms with van der Waals surface area (Å²) < 4.78 is 34.8. The van der Waals surface area contributed by atoms with Crippen molar-refractivity contribution in [3.05, 3.63) is 42.5 Å². The Balaban J connectivity index is 1.38. The van der Waals surface area contributed by atoms with Crippen LogP contribution in [0.15, 0.2) is 36.7 Å². The number of hydrogen-bond donors (Lipinski definition) is 2. The van der Waals surface area contributed by atoms with Crippen LogP contribution in [-0.4, -0.2) is 62.7 Å². The summed E-state index contributed by atoms with van der Waals surface area (Å²) in [5, 5.41) is 22.5. The minimum absolute atomic E-state index is 0.108. The second kappa shape index (κ2) is 8.37. The molecule has 0 saturated carbocycles. The Morgan fingerprint density at radius 3 is 2.60 bits per heavy atom. The van der Waals surface area contributed by atoms with Crippen molar-refractivity contribution in [1.29, 1.82) is 0 Å². The maximum Gasteiger partial charge on any atom is 0.213 e. The number of nitrogens with zero attached hydrogens (tertiary/aromatic N) is 5. The number of benzene rings is 1. The van der Waals surface area contributed by atoms with Crippen LogP contribution in [0.5, 0.6) is 11.6 Å². The van der Waals surface area contributed by atoms with Crippen molar-refractivity contribution in [3.63, 3.8) is 0 Å². The molecule has 0 amide bonds. The van der Waals surface area contributed by atoms with Crippen LogP contribution in [0.4, 0.5) is 14.6 Å². The van der Waals surface area contributed by atoms with Crippen LogP contribution in [0, 0.1) is 5.82 Å². The number of hydrogen-bond acceptors (Lipinski definition) is 8. The number of piperidine rings is 1. The SMILES string of the molecule is COc1cc(-c2ccc(-c3ncc(N(C)[C@@H]4C[C@@]5(C)CC[C@](C)(N5)[C@@H]4F)nn3)c(O)c2)c(F)cn1. The zero-order valence-electron chi connectivity index (χ0n) is 20.1. The lowest BCUT2D eigenvalue weighted by Gasteiger charge is -2.47. The number of halogens is 2. The van der Waals surface area contributed by atoms with Gasteiger partial charge in [-0.1, -0.05) is 6.07 Å². The largest absolute Gasteiger partial charge is 0.507 e. The van der Waals surface area contributed by atoms with Gasteiger partial charge in [0.2, 0.25) is 5.88 Å². The van der Waals surface area contributed by atoms with Crippen LogP contribution in [-0.2, 0) is 0 Å². The Kier molecular flexibility index (Phi) is 5.58. The van der Waals surface area contributed by atoms with Crippen molar-refractivity contribution < 1.29 is 18.6 Å². The number of ether oxygens (including phenoxy) is 1. The van der Waals surface area contributed by atoms with Crippen molar-refractivity contribution in [2.75, 3.05) is 19.1 Å². The van der Waals surface area contributed by atoms with Gasteiger partial charge in [0.05, 0.1) is 31.1 Å². The molecule has 35 heavy (non-hydrogen) atoms. The van der Waals surface area contributed by atoms with E-state index >= 15 is 4.39 Å². The van der Waals surface area contributed by atoms with Gasteiger partial charge in [0, 0.05) is 29.8 Å². The molecule has 2 N–H and O–H groups in total. The highest BCUT2D eigenvalue weighted by atomic mass is 19.1. The van der Waals surface area contributed by atoms with Crippen LogP contribution in [0.25, 0.3) is 22.5 Å². The van der Waals surface area contributed by atoms with E-state index in [4.69, 9.17) is 4.74 Å². The van der Waals surface area contributed by atoms with E-state index in [9.17, 15) is 9.50 Å². The number of aromatic nitrogens is 4. The third-order valence-electron chi connectivity index (χ3n) is 7.39. The maximum absolute atomic E-state index is 15.4. The summed E-state index contributed by atoms with van der Waals surface area (Å²) in [6.07, 6.45) is 3.92. The number of pyridine rings is 1. The molecule has 0 radical (unpaired) electrons. The van der Waals surface area contributed by atoms with Crippen molar-refractivity contribution in [2.24, 2.45) is 0 Å². The van der Waals surface area contributed by atoms with Gasteiger partial charge in [0.25, 0.3) is 0 Å². The molecule has 2 bridgehead atoms. The zero-order valence-corrected chi connectivity index (χ0v) is 20.1. The van der Waals surface area contributed by atoms with Gasteiger partial charge in [0.1, 0.15) is 17.7 Å². The molecule has 0 aliphatic carbocycles. The average Bonchev–Trinajstić information content (AvgIpc) is 3.13. The Bertz CT molecular complexity index is 1260. The van der Waals surface area contributed by atoms with E-state index in [1.807, 2.05) is 14.0 Å². The number of aromatic hydroxyl groups is 1. The van der Waals surface area contributed by atoms with E-state index in [2.05, 4.69) is 32.4 Å². The highest BCUT2D eigenvalue weighted by molar-refractivity contribution is 5.73. The van der Waals surface area contributed by atoms with Crippen molar-refractivity contribution in [2.45, 2.75) is 56.4 Å². The molecule has 1 aromatic carbocycles. The van der Waals surface area contributed by atoms with Gasteiger partial charge in [-0.3, -0.25) is 0 Å². The molecule has 4 heterocycles. The van der Waals surface area contributed by atoms with E-state index in [0.29, 0.717) is 23.4 Å². The van der Waals surface area contributed by atoms with Gasteiger partial charge in [-0.25, -0.2) is 18.7 Å². The molecule has 10 heteroatoms. The quantitative estimate of drug-likeness (QED) is 0.565. The molecule has 2 aromatic heterocycles. The first-order valence-electron chi connectivity index (χ1n) is 11.5. The van der Waals surface area contributed by atoms with Crippen LogP contribution >= 0.6 is 0 Å². The molecule has 0 spiro atoms. The summed E-state index contributed by atoms with van der Waals surface area (Å²) in [5.41, 5.74) is 0.376. The normalized spacial score (nSPS) is 27.6. The fraction of sp³-hybridized carbons (Fsp3) is 0.440. The standard InChI is InChI=1S/C25H28F2N6O2/c1-24-7-8-25(2,32-24)22(27)18(11-24)33(3)20-13-29-23(31-30-20)15-6-5-14(9-19(15)34)16-10-21(35-4)28-12-17(16)26/h5-6,9-10,12-13,18,22,32,34H,7-8,11H2,1-4H3/t18-,22-,24-,25+/m1/s1. The lowest BCUT2D eigenvalue weighted by molar-refractivity contribution is 0.0859. The van der Waals surface area contributed by atoms with Crippen LogP contribution in [0.1, 0.15) is 33.1 Å². The third kappa shape index (κ3) is 4.05. The molecule has 3 aromatic rings. The number of phenols is 1. The molecular weight excluding hydrogens is 454 g/mol. The minimum atomic E-state index is -1.06. The van der Waals surface area contributed by atoms with Crippen molar-refractivity contribution in [3.8, 4) is 34.1 Å². The Morgan fingerprint density at radius 2 is 1.91 bits per heavy atom. The minimum Gasteiger partial charge on any atom is -0.507 e. The topological polar surface area (TPSA) is 96.3 Å². The summed E-state index contributed by atoms with van der Waals surface area (Å²) in [4.78, 5) is 10.0. The number of anilines is 1. The molecule has 2 saturated heterocycles. The summed E-state index contributed by atoms with van der Waals surface area (Å²) in [6.45, 7) is 4.08. The molecule has 2 aliphatic rings. The first-order chi connectivity index (χ1) is 16.6. The Morgan fingerprint density at radius 1 is 1.11 bits per heavy atom. The average molecular weight is 483 g/mol. The first-order valence-corrected chi connectivity index (χ1v) is 11.5.